The fourth-order valence-electron chi connectivity index (χ4n) is 2.97. The van der Waals surface area contributed by atoms with Gasteiger partial charge in [-0.2, -0.15) is 0 Å². The fourth-order valence-corrected chi connectivity index (χ4v) is 2.97. The van der Waals surface area contributed by atoms with Gasteiger partial charge in [0, 0.05) is 39.1 Å². The van der Waals surface area contributed by atoms with Gasteiger partial charge in [0.05, 0.1) is 0 Å². The number of nitrogens with zero attached hydrogens (tertiary/aromatic N) is 2. The van der Waals surface area contributed by atoms with E-state index in [0.717, 1.165) is 31.5 Å². The topological polar surface area (TPSA) is 52.7 Å². The summed E-state index contributed by atoms with van der Waals surface area (Å²) in [5.41, 5.74) is 1.07. The van der Waals surface area contributed by atoms with Gasteiger partial charge in [-0.05, 0) is 31.2 Å². The van der Waals surface area contributed by atoms with Crippen LogP contribution < -0.4 is 5.32 Å². The van der Waals surface area contributed by atoms with Crippen LogP contribution in [0.15, 0.2) is 30.3 Å². The Bertz CT molecular complexity index is 525. The van der Waals surface area contributed by atoms with E-state index in [9.17, 15) is 9.59 Å². The van der Waals surface area contributed by atoms with E-state index in [-0.39, 0.29) is 11.9 Å². The summed E-state index contributed by atoms with van der Waals surface area (Å²) in [6.07, 6.45) is 2.55. The van der Waals surface area contributed by atoms with E-state index >= 15 is 0 Å². The molecule has 132 valence electrons. The monoisotopic (exact) mass is 331 g/mol. The Morgan fingerprint density at radius 1 is 1.21 bits per heavy atom. The molecular weight excluding hydrogens is 302 g/mol. The van der Waals surface area contributed by atoms with Gasteiger partial charge in [0.2, 0.25) is 5.91 Å². The van der Waals surface area contributed by atoms with E-state index in [2.05, 4.69) is 12.2 Å². The number of benzene rings is 1. The van der Waals surface area contributed by atoms with Crippen molar-refractivity contribution in [3.8, 4) is 0 Å². The molecule has 1 aromatic carbocycles. The van der Waals surface area contributed by atoms with Gasteiger partial charge in [0.1, 0.15) is 0 Å². The summed E-state index contributed by atoms with van der Waals surface area (Å²) in [5, 5.41) is 2.84. The minimum atomic E-state index is -0.110. The van der Waals surface area contributed by atoms with Crippen molar-refractivity contribution in [2.24, 2.45) is 5.92 Å². The molecule has 5 nitrogen and oxygen atoms in total. The van der Waals surface area contributed by atoms with Crippen LogP contribution in [0.5, 0.6) is 0 Å². The fraction of sp³-hybridized carbons (Fsp3) is 0.579. The quantitative estimate of drug-likeness (QED) is 0.871. The Labute approximate surface area is 145 Å². The van der Waals surface area contributed by atoms with Crippen LogP contribution in [-0.4, -0.2) is 47.9 Å². The third kappa shape index (κ3) is 5.55. The first-order valence-corrected chi connectivity index (χ1v) is 8.94. The minimum absolute atomic E-state index is 0.110. The molecule has 5 heteroatoms. The summed E-state index contributed by atoms with van der Waals surface area (Å²) in [5.74, 6) is 0.864. The first-order chi connectivity index (χ1) is 11.6. The van der Waals surface area contributed by atoms with Crippen LogP contribution in [-0.2, 0) is 11.3 Å². The van der Waals surface area contributed by atoms with Gasteiger partial charge < -0.3 is 15.1 Å². The van der Waals surface area contributed by atoms with Crippen LogP contribution in [0, 0.1) is 5.92 Å². The molecule has 1 heterocycles. The second kappa shape index (κ2) is 9.30. The lowest BCUT2D eigenvalue weighted by atomic mass is 9.99. The second-order valence-corrected chi connectivity index (χ2v) is 6.56. The highest BCUT2D eigenvalue weighted by atomic mass is 16.2. The van der Waals surface area contributed by atoms with Gasteiger partial charge in [0.25, 0.3) is 0 Å². The van der Waals surface area contributed by atoms with Crippen molar-refractivity contribution in [2.75, 3.05) is 26.2 Å². The number of amides is 3. The van der Waals surface area contributed by atoms with Crippen molar-refractivity contribution in [1.82, 2.24) is 15.1 Å². The molecule has 1 aliphatic heterocycles. The average molecular weight is 331 g/mol. The lowest BCUT2D eigenvalue weighted by molar-refractivity contribution is -0.132. The van der Waals surface area contributed by atoms with E-state index < -0.39 is 0 Å². The second-order valence-electron chi connectivity index (χ2n) is 6.56. The smallest absolute Gasteiger partial charge is 0.317 e. The summed E-state index contributed by atoms with van der Waals surface area (Å²) in [6.45, 7) is 7.39. The normalized spacial score (nSPS) is 15.2. The number of piperidine rings is 1. The van der Waals surface area contributed by atoms with Crippen LogP contribution in [0.4, 0.5) is 4.79 Å². The Hall–Kier alpha value is -2.04. The van der Waals surface area contributed by atoms with Crippen molar-refractivity contribution in [3.05, 3.63) is 35.9 Å². The number of likely N-dealkylation sites (tertiary alicyclic amines) is 1. The third-order valence-corrected chi connectivity index (χ3v) is 4.56. The number of rotatable bonds is 6. The maximum atomic E-state index is 12.4. The van der Waals surface area contributed by atoms with E-state index in [1.165, 1.54) is 0 Å². The molecule has 1 fully saturated rings. The van der Waals surface area contributed by atoms with Gasteiger partial charge in [-0.15, -0.1) is 0 Å². The van der Waals surface area contributed by atoms with Crippen molar-refractivity contribution >= 4 is 11.9 Å². The molecule has 1 aromatic rings. The van der Waals surface area contributed by atoms with Crippen molar-refractivity contribution in [1.29, 1.82) is 0 Å². The zero-order valence-corrected chi connectivity index (χ0v) is 14.8. The van der Waals surface area contributed by atoms with Crippen molar-refractivity contribution in [3.63, 3.8) is 0 Å². The summed E-state index contributed by atoms with van der Waals surface area (Å²) in [4.78, 5) is 28.3. The first kappa shape index (κ1) is 18.3. The van der Waals surface area contributed by atoms with Crippen LogP contribution in [0.25, 0.3) is 0 Å². The lowest BCUT2D eigenvalue weighted by Gasteiger charge is -2.31. The predicted octanol–water partition coefficient (Wildman–Crippen LogP) is 2.87. The van der Waals surface area contributed by atoms with Crippen LogP contribution >= 0.6 is 0 Å². The van der Waals surface area contributed by atoms with E-state index in [1.54, 1.807) is 4.90 Å². The van der Waals surface area contributed by atoms with Crippen LogP contribution in [0.1, 0.15) is 38.7 Å². The Balaban J connectivity index is 1.90. The molecule has 24 heavy (non-hydrogen) atoms. The Morgan fingerprint density at radius 2 is 1.88 bits per heavy atom. The molecule has 1 saturated heterocycles. The molecule has 0 aromatic heterocycles. The molecule has 3 amide bonds. The van der Waals surface area contributed by atoms with E-state index in [1.807, 2.05) is 42.2 Å². The molecule has 0 spiro atoms. The summed E-state index contributed by atoms with van der Waals surface area (Å²) >= 11 is 0. The predicted molar refractivity (Wildman–Crippen MR) is 95.5 cm³/mol. The third-order valence-electron chi connectivity index (χ3n) is 4.56. The maximum absolute atomic E-state index is 12.4. The molecule has 0 saturated carbocycles. The Morgan fingerprint density at radius 3 is 2.50 bits per heavy atom. The SMILES string of the molecule is CCNC(=O)N(CCC(=O)N1CCC(C)CC1)Cc1ccccc1. The van der Waals surface area contributed by atoms with Gasteiger partial charge >= 0.3 is 6.03 Å². The number of hydrogen-bond donors (Lipinski definition) is 1. The highest BCUT2D eigenvalue weighted by Crippen LogP contribution is 2.17. The van der Waals surface area contributed by atoms with Crippen molar-refractivity contribution in [2.45, 2.75) is 39.7 Å². The molecule has 2 rings (SSSR count). The maximum Gasteiger partial charge on any atom is 0.317 e. The summed E-state index contributed by atoms with van der Waals surface area (Å²) in [7, 11) is 0. The van der Waals surface area contributed by atoms with E-state index in [0.29, 0.717) is 32.0 Å². The van der Waals surface area contributed by atoms with Crippen LogP contribution in [0.2, 0.25) is 0 Å². The highest BCUT2D eigenvalue weighted by Gasteiger charge is 2.21. The zero-order chi connectivity index (χ0) is 17.4. The average Bonchev–Trinajstić information content (AvgIpc) is 2.60. The first-order valence-electron chi connectivity index (χ1n) is 8.94. The molecule has 1 aliphatic rings. The molecular formula is C19H29N3O2. The van der Waals surface area contributed by atoms with E-state index in [4.69, 9.17) is 0 Å². The number of nitrogens with one attached hydrogen (secondary N) is 1. The molecule has 0 atom stereocenters. The molecule has 0 bridgehead atoms. The highest BCUT2D eigenvalue weighted by molar-refractivity contribution is 5.78. The molecule has 0 aliphatic carbocycles. The lowest BCUT2D eigenvalue weighted by Crippen LogP contribution is -2.43. The number of urea groups is 1. The van der Waals surface area contributed by atoms with Crippen LogP contribution in [0.3, 0.4) is 0 Å². The van der Waals surface area contributed by atoms with Gasteiger partial charge in [-0.25, -0.2) is 4.79 Å². The standard InChI is InChI=1S/C19H29N3O2/c1-3-20-19(24)22(15-17-7-5-4-6-8-17)14-11-18(23)21-12-9-16(2)10-13-21/h4-8,16H,3,9-15H2,1-2H3,(H,20,24). The molecule has 0 unspecified atom stereocenters. The number of carbonyl (C=O) groups is 2. The molecule has 0 radical (unpaired) electrons. The number of hydrogen-bond acceptors (Lipinski definition) is 2. The summed E-state index contributed by atoms with van der Waals surface area (Å²) in [6, 6.07) is 9.78. The van der Waals surface area contributed by atoms with Crippen molar-refractivity contribution < 1.29 is 9.59 Å². The van der Waals surface area contributed by atoms with Gasteiger partial charge in [0.15, 0.2) is 0 Å². The van der Waals surface area contributed by atoms with Gasteiger partial charge in [-0.1, -0.05) is 37.3 Å². The Kier molecular flexibility index (Phi) is 7.09. The minimum Gasteiger partial charge on any atom is -0.343 e. The largest absolute Gasteiger partial charge is 0.343 e. The summed E-state index contributed by atoms with van der Waals surface area (Å²) < 4.78 is 0. The zero-order valence-electron chi connectivity index (χ0n) is 14.8. The number of carbonyl (C=O) groups excluding carboxylic acids is 2. The van der Waals surface area contributed by atoms with Gasteiger partial charge in [-0.3, -0.25) is 4.79 Å². The molecule has 1 N–H and O–H groups in total.